The molecule has 0 aromatic heterocycles. The Morgan fingerprint density at radius 3 is 1.75 bits per heavy atom. The van der Waals surface area contributed by atoms with E-state index in [-0.39, 0.29) is 23.4 Å². The summed E-state index contributed by atoms with van der Waals surface area (Å²) in [6.45, 7) is 24.9. The van der Waals surface area contributed by atoms with Crippen LogP contribution in [0.25, 0.3) is 0 Å². The van der Waals surface area contributed by atoms with Gasteiger partial charge in [-0.2, -0.15) is 0 Å². The molecule has 0 bridgehead atoms. The van der Waals surface area contributed by atoms with Gasteiger partial charge in [0.2, 0.25) is 0 Å². The van der Waals surface area contributed by atoms with Gasteiger partial charge in [-0.05, 0) is 67.1 Å². The summed E-state index contributed by atoms with van der Waals surface area (Å²) in [6, 6.07) is 0. The topological polar surface area (TPSA) is 26.3 Å². The molecule has 0 aliphatic carbocycles. The van der Waals surface area contributed by atoms with Gasteiger partial charge in [-0.3, -0.25) is 4.79 Å². The number of hydrogen-bond donors (Lipinski definition) is 0. The number of carbonyl (C=O) groups excluding carboxylic acids is 1. The van der Waals surface area contributed by atoms with Crippen LogP contribution in [0.2, 0.25) is 0 Å². The van der Waals surface area contributed by atoms with Crippen LogP contribution in [0.5, 0.6) is 0 Å². The number of esters is 1. The summed E-state index contributed by atoms with van der Waals surface area (Å²) >= 11 is 0. The number of ether oxygens (including phenoxy) is 1. The molecule has 168 valence electrons. The summed E-state index contributed by atoms with van der Waals surface area (Å²) in [5.41, 5.74) is 0.575. The Labute approximate surface area is 177 Å². The highest BCUT2D eigenvalue weighted by Gasteiger charge is 2.31. The van der Waals surface area contributed by atoms with Gasteiger partial charge in [0, 0.05) is 0 Å². The fraction of sp³-hybridized carbons (Fsp3) is 0.962. The molecule has 2 nitrogen and oxygen atoms in total. The Morgan fingerprint density at radius 2 is 1.32 bits per heavy atom. The molecule has 0 aromatic carbocycles. The fourth-order valence-corrected chi connectivity index (χ4v) is 4.52. The SMILES string of the molecule is CCC(C)CC(CC)OC(=O)C(CCC(C)CC(C)(C)C)C(C)CC(C)(C)C. The van der Waals surface area contributed by atoms with Gasteiger partial charge in [-0.15, -0.1) is 0 Å². The second kappa shape index (κ2) is 12.2. The van der Waals surface area contributed by atoms with E-state index >= 15 is 0 Å². The molecular weight excluding hydrogens is 344 g/mol. The van der Waals surface area contributed by atoms with Crippen molar-refractivity contribution >= 4 is 5.97 Å². The molecule has 5 atom stereocenters. The summed E-state index contributed by atoms with van der Waals surface area (Å²) in [4.78, 5) is 13.2. The van der Waals surface area contributed by atoms with E-state index in [1.165, 1.54) is 6.42 Å². The highest BCUT2D eigenvalue weighted by atomic mass is 16.5. The van der Waals surface area contributed by atoms with Crippen molar-refractivity contribution in [3.8, 4) is 0 Å². The zero-order valence-corrected chi connectivity index (χ0v) is 21.2. The smallest absolute Gasteiger partial charge is 0.309 e. The third kappa shape index (κ3) is 12.8. The van der Waals surface area contributed by atoms with Gasteiger partial charge in [0.1, 0.15) is 6.10 Å². The average Bonchev–Trinajstić information content (AvgIpc) is 2.50. The van der Waals surface area contributed by atoms with Crippen molar-refractivity contribution in [3.05, 3.63) is 0 Å². The van der Waals surface area contributed by atoms with Crippen molar-refractivity contribution in [3.63, 3.8) is 0 Å². The Kier molecular flexibility index (Phi) is 12.0. The van der Waals surface area contributed by atoms with Crippen LogP contribution in [-0.4, -0.2) is 12.1 Å². The minimum Gasteiger partial charge on any atom is -0.462 e. The summed E-state index contributed by atoms with van der Waals surface area (Å²) in [5.74, 6) is 1.67. The van der Waals surface area contributed by atoms with Gasteiger partial charge in [-0.1, -0.05) is 82.6 Å². The molecule has 0 radical (unpaired) electrons. The van der Waals surface area contributed by atoms with E-state index in [0.29, 0.717) is 23.2 Å². The first-order chi connectivity index (χ1) is 12.7. The van der Waals surface area contributed by atoms with Crippen LogP contribution in [0, 0.1) is 34.5 Å². The van der Waals surface area contributed by atoms with Crippen LogP contribution in [0.4, 0.5) is 0 Å². The molecule has 2 heteroatoms. The lowest BCUT2D eigenvalue weighted by molar-refractivity contribution is -0.157. The lowest BCUT2D eigenvalue weighted by atomic mass is 9.76. The standard InChI is InChI=1S/C26H52O2/c1-12-19(3)16-22(13-2)28-24(27)23(21(5)18-26(9,10)11)15-14-20(4)17-25(6,7)8/h19-23H,12-18H2,1-11H3. The summed E-state index contributed by atoms with van der Waals surface area (Å²) < 4.78 is 6.06. The van der Waals surface area contributed by atoms with Gasteiger partial charge >= 0.3 is 5.97 Å². The molecule has 5 unspecified atom stereocenters. The third-order valence-electron chi connectivity index (χ3n) is 5.96. The van der Waals surface area contributed by atoms with Crippen LogP contribution in [0.1, 0.15) is 121 Å². The van der Waals surface area contributed by atoms with Crippen LogP contribution >= 0.6 is 0 Å². The van der Waals surface area contributed by atoms with Crippen molar-refractivity contribution in [2.24, 2.45) is 34.5 Å². The Bertz CT molecular complexity index is 427. The molecule has 0 spiro atoms. The van der Waals surface area contributed by atoms with Crippen molar-refractivity contribution in [2.45, 2.75) is 127 Å². The summed E-state index contributed by atoms with van der Waals surface area (Å²) in [7, 11) is 0. The molecule has 0 amide bonds. The Morgan fingerprint density at radius 1 is 0.786 bits per heavy atom. The molecular formula is C26H52O2. The molecule has 0 aliphatic heterocycles. The second-order valence-corrected chi connectivity index (χ2v) is 12.0. The number of carbonyl (C=O) groups is 1. The first-order valence-corrected chi connectivity index (χ1v) is 11.9. The molecule has 0 aliphatic rings. The highest BCUT2D eigenvalue weighted by molar-refractivity contribution is 5.73. The largest absolute Gasteiger partial charge is 0.462 e. The zero-order valence-electron chi connectivity index (χ0n) is 21.2. The molecule has 0 aromatic rings. The normalized spacial score (nSPS) is 18.2. The maximum atomic E-state index is 13.2. The van der Waals surface area contributed by atoms with Crippen LogP contribution < -0.4 is 0 Å². The lowest BCUT2D eigenvalue weighted by Crippen LogP contribution is -2.31. The zero-order chi connectivity index (χ0) is 22.1. The van der Waals surface area contributed by atoms with E-state index in [1.54, 1.807) is 0 Å². The molecule has 0 heterocycles. The van der Waals surface area contributed by atoms with Gasteiger partial charge < -0.3 is 4.74 Å². The quantitative estimate of drug-likeness (QED) is 0.310. The first kappa shape index (κ1) is 27.5. The number of rotatable bonds is 12. The molecule has 0 saturated carbocycles. The van der Waals surface area contributed by atoms with Gasteiger partial charge in [0.25, 0.3) is 0 Å². The maximum absolute atomic E-state index is 13.2. The van der Waals surface area contributed by atoms with E-state index in [4.69, 9.17) is 4.74 Å². The van der Waals surface area contributed by atoms with E-state index in [0.717, 1.165) is 38.5 Å². The third-order valence-corrected chi connectivity index (χ3v) is 5.96. The van der Waals surface area contributed by atoms with Crippen molar-refractivity contribution in [2.75, 3.05) is 0 Å². The second-order valence-electron chi connectivity index (χ2n) is 12.0. The Balaban J connectivity index is 5.11. The lowest BCUT2D eigenvalue weighted by Gasteiger charge is -2.31. The predicted molar refractivity (Wildman–Crippen MR) is 123 cm³/mol. The van der Waals surface area contributed by atoms with Crippen LogP contribution in [0.3, 0.4) is 0 Å². The number of hydrogen-bond acceptors (Lipinski definition) is 2. The van der Waals surface area contributed by atoms with E-state index in [1.807, 2.05) is 0 Å². The highest BCUT2D eigenvalue weighted by Crippen LogP contribution is 2.34. The molecule has 0 fully saturated rings. The van der Waals surface area contributed by atoms with Crippen molar-refractivity contribution in [1.29, 1.82) is 0 Å². The summed E-state index contributed by atoms with van der Waals surface area (Å²) in [6.07, 6.45) is 7.43. The van der Waals surface area contributed by atoms with Crippen molar-refractivity contribution < 1.29 is 9.53 Å². The van der Waals surface area contributed by atoms with E-state index in [9.17, 15) is 4.79 Å². The monoisotopic (exact) mass is 396 g/mol. The van der Waals surface area contributed by atoms with Crippen molar-refractivity contribution in [1.82, 2.24) is 0 Å². The van der Waals surface area contributed by atoms with Crippen LogP contribution in [-0.2, 0) is 9.53 Å². The fourth-order valence-electron chi connectivity index (χ4n) is 4.52. The molecule has 0 saturated heterocycles. The first-order valence-electron chi connectivity index (χ1n) is 11.9. The van der Waals surface area contributed by atoms with E-state index in [2.05, 4.69) is 76.2 Å². The van der Waals surface area contributed by atoms with Crippen LogP contribution in [0.15, 0.2) is 0 Å². The van der Waals surface area contributed by atoms with Gasteiger partial charge in [0.05, 0.1) is 5.92 Å². The molecule has 0 rings (SSSR count). The molecule has 0 N–H and O–H groups in total. The predicted octanol–water partition coefficient (Wildman–Crippen LogP) is 8.29. The van der Waals surface area contributed by atoms with Gasteiger partial charge in [0.15, 0.2) is 0 Å². The van der Waals surface area contributed by atoms with Gasteiger partial charge in [-0.25, -0.2) is 0 Å². The minimum absolute atomic E-state index is 0.0210. The molecule has 28 heavy (non-hydrogen) atoms. The summed E-state index contributed by atoms with van der Waals surface area (Å²) in [5, 5.41) is 0. The average molecular weight is 397 g/mol. The van der Waals surface area contributed by atoms with E-state index < -0.39 is 0 Å². The Hall–Kier alpha value is -0.530. The minimum atomic E-state index is 0.0210. The maximum Gasteiger partial charge on any atom is 0.309 e.